The van der Waals surface area contributed by atoms with Crippen LogP contribution >= 0.6 is 0 Å². The molecule has 2 heterocycles. The van der Waals surface area contributed by atoms with Crippen molar-refractivity contribution >= 4 is 5.91 Å². The maximum Gasteiger partial charge on any atom is 0.221 e. The molecule has 146 valence electrons. The number of methoxy groups -OCH3 is 1. The van der Waals surface area contributed by atoms with Crippen molar-refractivity contribution in [2.24, 2.45) is 0 Å². The van der Waals surface area contributed by atoms with Gasteiger partial charge in [-0.05, 0) is 57.1 Å². The zero-order valence-corrected chi connectivity index (χ0v) is 16.4. The SMILES string of the molecule is COc1ccc(-n2cc(C(C)NC(=O)CCN3CCCCCC3)cn2)cc1. The van der Waals surface area contributed by atoms with Crippen molar-refractivity contribution in [1.29, 1.82) is 0 Å². The first-order valence-electron chi connectivity index (χ1n) is 9.86. The Bertz CT molecular complexity index is 718. The number of hydrogen-bond donors (Lipinski definition) is 1. The standard InChI is InChI=1S/C21H30N4O2/c1-17(23-21(26)11-14-24-12-5-3-4-6-13-24)18-15-22-25(16-18)19-7-9-20(27-2)10-8-19/h7-10,15-17H,3-6,11-14H2,1-2H3,(H,23,26). The first-order valence-corrected chi connectivity index (χ1v) is 9.86. The third kappa shape index (κ3) is 5.57. The van der Waals surface area contributed by atoms with Gasteiger partial charge in [0.25, 0.3) is 0 Å². The molecule has 1 aromatic carbocycles. The van der Waals surface area contributed by atoms with Gasteiger partial charge in [-0.2, -0.15) is 5.10 Å². The Morgan fingerprint density at radius 3 is 2.56 bits per heavy atom. The van der Waals surface area contributed by atoms with Crippen molar-refractivity contribution < 1.29 is 9.53 Å². The summed E-state index contributed by atoms with van der Waals surface area (Å²) in [5, 5.41) is 7.51. The second-order valence-corrected chi connectivity index (χ2v) is 7.21. The van der Waals surface area contributed by atoms with Gasteiger partial charge in [-0.25, -0.2) is 4.68 Å². The summed E-state index contributed by atoms with van der Waals surface area (Å²) >= 11 is 0. The quantitative estimate of drug-likeness (QED) is 0.812. The number of likely N-dealkylation sites (tertiary alicyclic amines) is 1. The molecular formula is C21H30N4O2. The van der Waals surface area contributed by atoms with E-state index in [1.165, 1.54) is 25.7 Å². The Morgan fingerprint density at radius 1 is 1.19 bits per heavy atom. The summed E-state index contributed by atoms with van der Waals surface area (Å²) in [6.07, 6.45) is 9.46. The lowest BCUT2D eigenvalue weighted by molar-refractivity contribution is -0.122. The van der Waals surface area contributed by atoms with E-state index >= 15 is 0 Å². The molecule has 2 aromatic rings. The molecule has 0 spiro atoms. The van der Waals surface area contributed by atoms with E-state index in [1.807, 2.05) is 48.3 Å². The van der Waals surface area contributed by atoms with Crippen molar-refractivity contribution in [3.05, 3.63) is 42.2 Å². The number of rotatable bonds is 7. The lowest BCUT2D eigenvalue weighted by Gasteiger charge is -2.20. The van der Waals surface area contributed by atoms with Crippen LogP contribution in [0.5, 0.6) is 5.75 Å². The van der Waals surface area contributed by atoms with Crippen LogP contribution in [-0.2, 0) is 4.79 Å². The maximum absolute atomic E-state index is 12.3. The smallest absolute Gasteiger partial charge is 0.221 e. The molecule has 1 N–H and O–H groups in total. The third-order valence-corrected chi connectivity index (χ3v) is 5.17. The zero-order chi connectivity index (χ0) is 19.1. The third-order valence-electron chi connectivity index (χ3n) is 5.17. The molecule has 0 aliphatic carbocycles. The van der Waals surface area contributed by atoms with Crippen LogP contribution in [-0.4, -0.2) is 47.3 Å². The molecule has 1 atom stereocenters. The second-order valence-electron chi connectivity index (χ2n) is 7.21. The second kappa shape index (κ2) is 9.55. The van der Waals surface area contributed by atoms with E-state index in [4.69, 9.17) is 4.74 Å². The fourth-order valence-corrected chi connectivity index (χ4v) is 3.45. The van der Waals surface area contributed by atoms with Crippen LogP contribution in [0.4, 0.5) is 0 Å². The van der Waals surface area contributed by atoms with E-state index in [0.29, 0.717) is 6.42 Å². The summed E-state index contributed by atoms with van der Waals surface area (Å²) in [6.45, 7) is 5.10. The number of ether oxygens (including phenoxy) is 1. The summed E-state index contributed by atoms with van der Waals surface area (Å²) in [5.74, 6) is 0.917. The highest BCUT2D eigenvalue weighted by Gasteiger charge is 2.14. The molecular weight excluding hydrogens is 340 g/mol. The fraction of sp³-hybridized carbons (Fsp3) is 0.524. The highest BCUT2D eigenvalue weighted by molar-refractivity contribution is 5.76. The van der Waals surface area contributed by atoms with Crippen molar-refractivity contribution in [2.45, 2.75) is 45.1 Å². The normalized spacial score (nSPS) is 16.5. The Kier molecular flexibility index (Phi) is 6.87. The van der Waals surface area contributed by atoms with Gasteiger partial charge in [0.15, 0.2) is 0 Å². The van der Waals surface area contributed by atoms with Gasteiger partial charge in [-0.15, -0.1) is 0 Å². The fourth-order valence-electron chi connectivity index (χ4n) is 3.45. The molecule has 1 saturated heterocycles. The zero-order valence-electron chi connectivity index (χ0n) is 16.4. The van der Waals surface area contributed by atoms with Gasteiger partial charge in [0, 0.05) is 24.7 Å². The van der Waals surface area contributed by atoms with E-state index in [9.17, 15) is 4.79 Å². The molecule has 1 aromatic heterocycles. The minimum atomic E-state index is -0.0615. The number of benzene rings is 1. The van der Waals surface area contributed by atoms with E-state index in [0.717, 1.165) is 36.6 Å². The lowest BCUT2D eigenvalue weighted by Crippen LogP contribution is -2.32. The molecule has 1 aliphatic rings. The maximum atomic E-state index is 12.3. The van der Waals surface area contributed by atoms with Crippen LogP contribution < -0.4 is 10.1 Å². The number of nitrogens with one attached hydrogen (secondary N) is 1. The molecule has 27 heavy (non-hydrogen) atoms. The Labute approximate surface area is 161 Å². The Balaban J connectivity index is 1.50. The topological polar surface area (TPSA) is 59.4 Å². The summed E-state index contributed by atoms with van der Waals surface area (Å²) in [5.41, 5.74) is 1.95. The van der Waals surface area contributed by atoms with E-state index in [-0.39, 0.29) is 11.9 Å². The molecule has 0 bridgehead atoms. The molecule has 1 unspecified atom stereocenters. The highest BCUT2D eigenvalue weighted by atomic mass is 16.5. The summed E-state index contributed by atoms with van der Waals surface area (Å²) in [7, 11) is 1.65. The van der Waals surface area contributed by atoms with E-state index in [2.05, 4.69) is 15.3 Å². The van der Waals surface area contributed by atoms with Gasteiger partial charge in [-0.1, -0.05) is 12.8 Å². The average Bonchev–Trinajstić information content (AvgIpc) is 3.04. The largest absolute Gasteiger partial charge is 0.497 e. The number of carbonyl (C=O) groups is 1. The van der Waals surface area contributed by atoms with Crippen molar-refractivity contribution in [2.75, 3.05) is 26.7 Å². The minimum absolute atomic E-state index is 0.0615. The molecule has 3 rings (SSSR count). The lowest BCUT2D eigenvalue weighted by atomic mass is 10.2. The van der Waals surface area contributed by atoms with Gasteiger partial charge < -0.3 is 15.0 Å². The monoisotopic (exact) mass is 370 g/mol. The highest BCUT2D eigenvalue weighted by Crippen LogP contribution is 2.17. The minimum Gasteiger partial charge on any atom is -0.497 e. The summed E-state index contributed by atoms with van der Waals surface area (Å²) in [6, 6.07) is 7.67. The van der Waals surface area contributed by atoms with Gasteiger partial charge in [0.1, 0.15) is 5.75 Å². The predicted molar refractivity (Wildman–Crippen MR) is 106 cm³/mol. The molecule has 6 heteroatoms. The van der Waals surface area contributed by atoms with Crippen LogP contribution in [0.15, 0.2) is 36.7 Å². The summed E-state index contributed by atoms with van der Waals surface area (Å²) < 4.78 is 7.00. The Morgan fingerprint density at radius 2 is 1.89 bits per heavy atom. The van der Waals surface area contributed by atoms with Gasteiger partial charge in [0.05, 0.1) is 25.0 Å². The first-order chi connectivity index (χ1) is 13.2. The van der Waals surface area contributed by atoms with Crippen LogP contribution in [0.1, 0.15) is 50.6 Å². The predicted octanol–water partition coefficient (Wildman–Crippen LogP) is 3.32. The molecule has 0 saturated carbocycles. The average molecular weight is 370 g/mol. The van der Waals surface area contributed by atoms with Crippen molar-refractivity contribution in [3.8, 4) is 11.4 Å². The van der Waals surface area contributed by atoms with E-state index < -0.39 is 0 Å². The van der Waals surface area contributed by atoms with Gasteiger partial charge >= 0.3 is 0 Å². The molecule has 1 fully saturated rings. The number of carbonyl (C=O) groups excluding carboxylic acids is 1. The van der Waals surface area contributed by atoms with Crippen molar-refractivity contribution in [3.63, 3.8) is 0 Å². The van der Waals surface area contributed by atoms with Crippen LogP contribution in [0.25, 0.3) is 5.69 Å². The van der Waals surface area contributed by atoms with Gasteiger partial charge in [0.2, 0.25) is 5.91 Å². The van der Waals surface area contributed by atoms with E-state index in [1.54, 1.807) is 7.11 Å². The number of nitrogens with zero attached hydrogens (tertiary/aromatic N) is 3. The van der Waals surface area contributed by atoms with Crippen LogP contribution in [0.2, 0.25) is 0 Å². The summed E-state index contributed by atoms with van der Waals surface area (Å²) in [4.78, 5) is 14.7. The molecule has 6 nitrogen and oxygen atoms in total. The van der Waals surface area contributed by atoms with Crippen LogP contribution in [0, 0.1) is 0 Å². The van der Waals surface area contributed by atoms with Gasteiger partial charge in [-0.3, -0.25) is 4.79 Å². The molecule has 1 amide bonds. The number of hydrogen-bond acceptors (Lipinski definition) is 4. The van der Waals surface area contributed by atoms with Crippen molar-refractivity contribution in [1.82, 2.24) is 20.0 Å². The first kappa shape index (κ1) is 19.4. The molecule has 0 radical (unpaired) electrons. The number of amides is 1. The molecule has 1 aliphatic heterocycles. The number of aromatic nitrogens is 2. The Hall–Kier alpha value is -2.34. The van der Waals surface area contributed by atoms with Crippen LogP contribution in [0.3, 0.4) is 0 Å².